The third-order valence-electron chi connectivity index (χ3n) is 2.86. The maximum atomic E-state index is 11.8. The third-order valence-corrected chi connectivity index (χ3v) is 2.86. The highest BCUT2D eigenvalue weighted by Crippen LogP contribution is 2.31. The van der Waals surface area contributed by atoms with Crippen molar-refractivity contribution in [2.75, 3.05) is 0 Å². The molecule has 6 heteroatoms. The van der Waals surface area contributed by atoms with Gasteiger partial charge in [0.2, 0.25) is 0 Å². The van der Waals surface area contributed by atoms with Gasteiger partial charge in [0.05, 0.1) is 0 Å². The van der Waals surface area contributed by atoms with Crippen LogP contribution in [-0.4, -0.2) is 36.2 Å². The lowest BCUT2D eigenvalue weighted by Gasteiger charge is -2.25. The lowest BCUT2D eigenvalue weighted by molar-refractivity contribution is -0.163. The maximum Gasteiger partial charge on any atom is 0.317 e. The van der Waals surface area contributed by atoms with Gasteiger partial charge in [-0.2, -0.15) is 0 Å². The van der Waals surface area contributed by atoms with E-state index in [0.29, 0.717) is 0 Å². The molecule has 6 nitrogen and oxygen atoms in total. The number of allylic oxidation sites excluding steroid dienone is 2. The number of carbonyl (C=O) groups excluding carboxylic acids is 3. The van der Waals surface area contributed by atoms with Crippen molar-refractivity contribution < 1.29 is 28.6 Å². The molecule has 19 heavy (non-hydrogen) atoms. The fourth-order valence-electron chi connectivity index (χ4n) is 2.16. The highest BCUT2D eigenvalue weighted by atomic mass is 16.6. The van der Waals surface area contributed by atoms with Crippen LogP contribution in [0.3, 0.4) is 0 Å². The SMILES string of the molecule is CC(=O)O[C@H]1[C@H]2OC(=O)[C@@H]1/C=C\C=C[C@H]2OC(C)=O. The minimum Gasteiger partial charge on any atom is -0.457 e. The minimum atomic E-state index is -0.813. The van der Waals surface area contributed by atoms with Crippen LogP contribution in [0.2, 0.25) is 0 Å². The molecule has 1 aliphatic carbocycles. The molecule has 1 saturated heterocycles. The zero-order valence-electron chi connectivity index (χ0n) is 10.6. The summed E-state index contributed by atoms with van der Waals surface area (Å²) in [4.78, 5) is 34.0. The van der Waals surface area contributed by atoms with Gasteiger partial charge in [-0.05, 0) is 6.08 Å². The van der Waals surface area contributed by atoms with E-state index in [2.05, 4.69) is 0 Å². The topological polar surface area (TPSA) is 78.9 Å². The number of carbonyl (C=O) groups is 3. The predicted octanol–water partition coefficient (Wildman–Crippen LogP) is 0.517. The molecule has 0 aromatic rings. The van der Waals surface area contributed by atoms with Crippen molar-refractivity contribution in [2.24, 2.45) is 5.92 Å². The molecule has 0 amide bonds. The van der Waals surface area contributed by atoms with Crippen molar-refractivity contribution >= 4 is 17.9 Å². The van der Waals surface area contributed by atoms with Gasteiger partial charge in [0, 0.05) is 13.8 Å². The summed E-state index contributed by atoms with van der Waals surface area (Å²) < 4.78 is 15.4. The van der Waals surface area contributed by atoms with Crippen LogP contribution >= 0.6 is 0 Å². The Morgan fingerprint density at radius 1 is 1.11 bits per heavy atom. The summed E-state index contributed by atoms with van der Waals surface area (Å²) in [6.07, 6.45) is 4.15. The number of hydrogen-bond acceptors (Lipinski definition) is 6. The standard InChI is InChI=1S/C13H14O6/c1-7(14)17-10-6-4-3-5-9-11(18-8(2)15)12(10)19-13(9)16/h3-6,9-12H,1-2H3/b5-3-,6-4?/t9-,10-,11-,12+/m1/s1. The van der Waals surface area contributed by atoms with E-state index in [9.17, 15) is 14.4 Å². The first-order chi connectivity index (χ1) is 8.99. The van der Waals surface area contributed by atoms with E-state index in [0.717, 1.165) is 0 Å². The van der Waals surface area contributed by atoms with Crippen molar-refractivity contribution in [3.63, 3.8) is 0 Å². The van der Waals surface area contributed by atoms with Crippen LogP contribution in [0, 0.1) is 5.92 Å². The number of ether oxygens (including phenoxy) is 3. The molecule has 0 saturated carbocycles. The summed E-state index contributed by atoms with van der Waals surface area (Å²) in [5.74, 6) is -2.18. The van der Waals surface area contributed by atoms with Gasteiger partial charge < -0.3 is 14.2 Å². The monoisotopic (exact) mass is 266 g/mol. The molecule has 0 radical (unpaired) electrons. The normalized spacial score (nSPS) is 33.9. The Balaban J connectivity index is 2.30. The molecule has 1 heterocycles. The van der Waals surface area contributed by atoms with Crippen LogP contribution in [0.15, 0.2) is 24.3 Å². The molecule has 0 N–H and O–H groups in total. The Morgan fingerprint density at radius 3 is 2.37 bits per heavy atom. The molecule has 0 aromatic heterocycles. The Bertz CT molecular complexity index is 464. The van der Waals surface area contributed by atoms with Crippen LogP contribution in [0.5, 0.6) is 0 Å². The quantitative estimate of drug-likeness (QED) is 0.535. The Kier molecular flexibility index (Phi) is 3.69. The van der Waals surface area contributed by atoms with E-state index >= 15 is 0 Å². The van der Waals surface area contributed by atoms with Crippen molar-refractivity contribution in [1.29, 1.82) is 0 Å². The van der Waals surface area contributed by atoms with Crippen molar-refractivity contribution in [3.8, 4) is 0 Å². The highest BCUT2D eigenvalue weighted by molar-refractivity contribution is 5.79. The molecule has 0 unspecified atom stereocenters. The fourth-order valence-corrected chi connectivity index (χ4v) is 2.16. The molecule has 0 spiro atoms. The number of fused-ring (bicyclic) bond motifs is 2. The second-order valence-electron chi connectivity index (χ2n) is 4.35. The molecular weight excluding hydrogens is 252 g/mol. The largest absolute Gasteiger partial charge is 0.457 e. The second-order valence-corrected chi connectivity index (χ2v) is 4.35. The van der Waals surface area contributed by atoms with Crippen molar-refractivity contribution in [2.45, 2.75) is 32.2 Å². The van der Waals surface area contributed by atoms with E-state index in [1.54, 1.807) is 24.3 Å². The fraction of sp³-hybridized carbons (Fsp3) is 0.462. The zero-order chi connectivity index (χ0) is 14.0. The number of hydrogen-bond donors (Lipinski definition) is 0. The van der Waals surface area contributed by atoms with E-state index in [1.807, 2.05) is 0 Å². The Labute approximate surface area is 110 Å². The number of esters is 3. The van der Waals surface area contributed by atoms with Gasteiger partial charge in [0.15, 0.2) is 18.3 Å². The van der Waals surface area contributed by atoms with E-state index in [1.165, 1.54) is 13.8 Å². The minimum absolute atomic E-state index is 0.492. The van der Waals surface area contributed by atoms with Gasteiger partial charge in [-0.15, -0.1) is 0 Å². The lowest BCUT2D eigenvalue weighted by Crippen LogP contribution is -2.41. The summed E-state index contributed by atoms with van der Waals surface area (Å²) in [6, 6.07) is 0. The van der Waals surface area contributed by atoms with Crippen molar-refractivity contribution in [1.82, 2.24) is 0 Å². The molecular formula is C13H14O6. The molecule has 2 aliphatic rings. The van der Waals surface area contributed by atoms with Gasteiger partial charge in [0.25, 0.3) is 0 Å². The molecule has 1 fully saturated rings. The zero-order valence-corrected chi connectivity index (χ0v) is 10.6. The molecule has 102 valence electrons. The van der Waals surface area contributed by atoms with Crippen LogP contribution in [0.25, 0.3) is 0 Å². The van der Waals surface area contributed by atoms with Crippen LogP contribution in [0.4, 0.5) is 0 Å². The average molecular weight is 266 g/mol. The lowest BCUT2D eigenvalue weighted by atomic mass is 9.95. The summed E-state index contributed by atoms with van der Waals surface area (Å²) in [6.45, 7) is 2.51. The molecule has 2 rings (SSSR count). The maximum absolute atomic E-state index is 11.8. The smallest absolute Gasteiger partial charge is 0.317 e. The van der Waals surface area contributed by atoms with Gasteiger partial charge in [-0.25, -0.2) is 0 Å². The first-order valence-electron chi connectivity index (χ1n) is 5.89. The third kappa shape index (κ3) is 2.83. The average Bonchev–Trinajstić information content (AvgIpc) is 2.61. The van der Waals surface area contributed by atoms with Gasteiger partial charge in [-0.3, -0.25) is 14.4 Å². The predicted molar refractivity (Wildman–Crippen MR) is 62.8 cm³/mol. The Hall–Kier alpha value is -2.11. The van der Waals surface area contributed by atoms with Crippen LogP contribution < -0.4 is 0 Å². The van der Waals surface area contributed by atoms with Crippen molar-refractivity contribution in [3.05, 3.63) is 24.3 Å². The van der Waals surface area contributed by atoms with Gasteiger partial charge in [-0.1, -0.05) is 18.2 Å². The van der Waals surface area contributed by atoms with E-state index in [-0.39, 0.29) is 0 Å². The van der Waals surface area contributed by atoms with Gasteiger partial charge >= 0.3 is 17.9 Å². The molecule has 1 aliphatic heterocycles. The molecule has 4 atom stereocenters. The molecule has 0 aromatic carbocycles. The Morgan fingerprint density at radius 2 is 1.74 bits per heavy atom. The van der Waals surface area contributed by atoms with E-state index < -0.39 is 42.1 Å². The van der Waals surface area contributed by atoms with Crippen LogP contribution in [0.1, 0.15) is 13.8 Å². The second kappa shape index (κ2) is 5.26. The van der Waals surface area contributed by atoms with Gasteiger partial charge in [0.1, 0.15) is 5.92 Å². The van der Waals surface area contributed by atoms with Crippen LogP contribution in [-0.2, 0) is 28.6 Å². The van der Waals surface area contributed by atoms with E-state index in [4.69, 9.17) is 14.2 Å². The summed E-state index contributed by atoms with van der Waals surface area (Å²) >= 11 is 0. The first kappa shape index (κ1) is 13.3. The number of rotatable bonds is 2. The summed E-state index contributed by atoms with van der Waals surface area (Å²) in [5.41, 5.74) is 0. The first-order valence-corrected chi connectivity index (χ1v) is 5.89. The molecule has 2 bridgehead atoms. The summed E-state index contributed by atoms with van der Waals surface area (Å²) in [5, 5.41) is 0. The summed E-state index contributed by atoms with van der Waals surface area (Å²) in [7, 11) is 0. The highest BCUT2D eigenvalue weighted by Gasteiger charge is 2.50.